The lowest BCUT2D eigenvalue weighted by Crippen LogP contribution is -2.45. The first-order valence-corrected chi connectivity index (χ1v) is 4.86. The van der Waals surface area contributed by atoms with Crippen molar-refractivity contribution in [2.45, 2.75) is 32.7 Å². The van der Waals surface area contributed by atoms with Crippen LogP contribution in [0.2, 0.25) is 0 Å². The fourth-order valence-electron chi connectivity index (χ4n) is 1.21. The summed E-state index contributed by atoms with van der Waals surface area (Å²) in [6.07, 6.45) is 2.20. The zero-order valence-corrected chi connectivity index (χ0v) is 8.62. The van der Waals surface area contributed by atoms with Crippen LogP contribution in [-0.4, -0.2) is 36.5 Å². The van der Waals surface area contributed by atoms with Gasteiger partial charge >= 0.3 is 0 Å². The Bertz CT molecular complexity index is 150. The average molecular weight is 187 g/mol. The average Bonchev–Trinajstić information content (AvgIpc) is 2.11. The summed E-state index contributed by atoms with van der Waals surface area (Å²) in [6, 6.07) is -0.199. The van der Waals surface area contributed by atoms with Crippen LogP contribution in [0.3, 0.4) is 0 Å². The van der Waals surface area contributed by atoms with Gasteiger partial charge in [0.25, 0.3) is 0 Å². The molecule has 0 saturated heterocycles. The van der Waals surface area contributed by atoms with E-state index in [0.29, 0.717) is 6.54 Å². The van der Waals surface area contributed by atoms with Crippen molar-refractivity contribution in [1.29, 1.82) is 0 Å². The van der Waals surface area contributed by atoms with Crippen molar-refractivity contribution >= 4 is 5.91 Å². The SMILES string of the molecule is CCCCN(CCN)C(C)C(N)=O. The molecule has 13 heavy (non-hydrogen) atoms. The number of hydrogen-bond acceptors (Lipinski definition) is 3. The monoisotopic (exact) mass is 187 g/mol. The van der Waals surface area contributed by atoms with Crippen LogP contribution in [-0.2, 0) is 4.79 Å². The van der Waals surface area contributed by atoms with Crippen molar-refractivity contribution in [2.75, 3.05) is 19.6 Å². The molecule has 4 nitrogen and oxygen atoms in total. The first-order chi connectivity index (χ1) is 6.13. The summed E-state index contributed by atoms with van der Waals surface area (Å²) >= 11 is 0. The van der Waals surface area contributed by atoms with Crippen LogP contribution in [0.5, 0.6) is 0 Å². The van der Waals surface area contributed by atoms with E-state index in [9.17, 15) is 4.79 Å². The number of unbranched alkanes of at least 4 members (excludes halogenated alkanes) is 1. The second kappa shape index (κ2) is 6.86. The Morgan fingerprint density at radius 1 is 1.46 bits per heavy atom. The molecule has 78 valence electrons. The maximum absolute atomic E-state index is 10.9. The molecule has 0 radical (unpaired) electrons. The maximum Gasteiger partial charge on any atom is 0.234 e. The highest BCUT2D eigenvalue weighted by Gasteiger charge is 2.16. The summed E-state index contributed by atoms with van der Waals surface area (Å²) in [5.41, 5.74) is 10.7. The molecule has 0 rings (SSSR count). The van der Waals surface area contributed by atoms with Gasteiger partial charge in [0.2, 0.25) is 5.91 Å². The third-order valence-corrected chi connectivity index (χ3v) is 2.17. The summed E-state index contributed by atoms with van der Waals surface area (Å²) in [5, 5.41) is 0. The fourth-order valence-corrected chi connectivity index (χ4v) is 1.21. The molecule has 0 heterocycles. The summed E-state index contributed by atoms with van der Waals surface area (Å²) in [4.78, 5) is 13.0. The zero-order valence-electron chi connectivity index (χ0n) is 8.62. The van der Waals surface area contributed by atoms with E-state index in [4.69, 9.17) is 11.5 Å². The molecule has 0 aliphatic heterocycles. The Kier molecular flexibility index (Phi) is 6.54. The van der Waals surface area contributed by atoms with Crippen LogP contribution < -0.4 is 11.5 Å². The first kappa shape index (κ1) is 12.4. The largest absolute Gasteiger partial charge is 0.368 e. The van der Waals surface area contributed by atoms with E-state index in [1.807, 2.05) is 11.8 Å². The van der Waals surface area contributed by atoms with Crippen molar-refractivity contribution in [3.05, 3.63) is 0 Å². The molecule has 1 atom stereocenters. The maximum atomic E-state index is 10.9. The van der Waals surface area contributed by atoms with Crippen molar-refractivity contribution in [1.82, 2.24) is 4.90 Å². The third-order valence-electron chi connectivity index (χ3n) is 2.17. The predicted octanol–water partition coefficient (Wildman–Crippen LogP) is -0.0790. The van der Waals surface area contributed by atoms with E-state index < -0.39 is 0 Å². The lowest BCUT2D eigenvalue weighted by atomic mass is 10.2. The van der Waals surface area contributed by atoms with Crippen molar-refractivity contribution in [3.63, 3.8) is 0 Å². The summed E-state index contributed by atoms with van der Waals surface area (Å²) in [7, 11) is 0. The highest BCUT2D eigenvalue weighted by atomic mass is 16.1. The number of nitrogens with zero attached hydrogens (tertiary/aromatic N) is 1. The highest BCUT2D eigenvalue weighted by Crippen LogP contribution is 2.00. The van der Waals surface area contributed by atoms with Gasteiger partial charge in [-0.25, -0.2) is 0 Å². The van der Waals surface area contributed by atoms with Crippen LogP contribution in [0.1, 0.15) is 26.7 Å². The molecule has 4 N–H and O–H groups in total. The lowest BCUT2D eigenvalue weighted by molar-refractivity contribution is -0.122. The number of carbonyl (C=O) groups excluding carboxylic acids is 1. The van der Waals surface area contributed by atoms with Gasteiger partial charge in [0.1, 0.15) is 0 Å². The van der Waals surface area contributed by atoms with Gasteiger partial charge in [-0.3, -0.25) is 9.69 Å². The molecular formula is C9H21N3O. The summed E-state index contributed by atoms with van der Waals surface area (Å²) in [5.74, 6) is -0.274. The minimum atomic E-state index is -0.274. The fraction of sp³-hybridized carbons (Fsp3) is 0.889. The molecule has 1 unspecified atom stereocenters. The van der Waals surface area contributed by atoms with Gasteiger partial charge in [-0.2, -0.15) is 0 Å². The Morgan fingerprint density at radius 2 is 2.08 bits per heavy atom. The Labute approximate surface area is 80.3 Å². The number of carbonyl (C=O) groups is 1. The molecule has 0 spiro atoms. The number of primary amides is 1. The van der Waals surface area contributed by atoms with Crippen LogP contribution in [0.15, 0.2) is 0 Å². The Morgan fingerprint density at radius 3 is 2.46 bits per heavy atom. The van der Waals surface area contributed by atoms with Crippen LogP contribution >= 0.6 is 0 Å². The van der Waals surface area contributed by atoms with E-state index in [-0.39, 0.29) is 11.9 Å². The van der Waals surface area contributed by atoms with E-state index in [2.05, 4.69) is 6.92 Å². The second-order valence-electron chi connectivity index (χ2n) is 3.26. The summed E-state index contributed by atoms with van der Waals surface area (Å²) in [6.45, 7) is 6.16. The standard InChI is InChI=1S/C9H21N3O/c1-3-4-6-12(7-5-10)8(2)9(11)13/h8H,3-7,10H2,1-2H3,(H2,11,13). The molecule has 0 aliphatic carbocycles. The number of hydrogen-bond donors (Lipinski definition) is 2. The van der Waals surface area contributed by atoms with Gasteiger partial charge in [-0.1, -0.05) is 13.3 Å². The smallest absolute Gasteiger partial charge is 0.234 e. The summed E-state index contributed by atoms with van der Waals surface area (Å²) < 4.78 is 0. The van der Waals surface area contributed by atoms with Crippen molar-refractivity contribution in [3.8, 4) is 0 Å². The number of rotatable bonds is 7. The number of amides is 1. The third kappa shape index (κ3) is 4.85. The highest BCUT2D eigenvalue weighted by molar-refractivity contribution is 5.79. The van der Waals surface area contributed by atoms with E-state index in [1.165, 1.54) is 0 Å². The van der Waals surface area contributed by atoms with Gasteiger partial charge in [0, 0.05) is 13.1 Å². The van der Waals surface area contributed by atoms with Gasteiger partial charge < -0.3 is 11.5 Å². The minimum Gasteiger partial charge on any atom is -0.368 e. The lowest BCUT2D eigenvalue weighted by Gasteiger charge is -2.25. The molecule has 4 heteroatoms. The van der Waals surface area contributed by atoms with Crippen molar-refractivity contribution in [2.24, 2.45) is 11.5 Å². The van der Waals surface area contributed by atoms with Crippen LogP contribution in [0.25, 0.3) is 0 Å². The van der Waals surface area contributed by atoms with E-state index >= 15 is 0 Å². The van der Waals surface area contributed by atoms with E-state index in [0.717, 1.165) is 25.9 Å². The Hall–Kier alpha value is -0.610. The van der Waals surface area contributed by atoms with Gasteiger partial charge in [0.15, 0.2) is 0 Å². The second-order valence-corrected chi connectivity index (χ2v) is 3.26. The molecule has 0 bridgehead atoms. The molecule has 0 fully saturated rings. The zero-order chi connectivity index (χ0) is 10.3. The molecule has 0 saturated carbocycles. The molecule has 0 aromatic heterocycles. The van der Waals surface area contributed by atoms with Crippen molar-refractivity contribution < 1.29 is 4.79 Å². The Balaban J connectivity index is 3.98. The normalized spacial score (nSPS) is 13.2. The first-order valence-electron chi connectivity index (χ1n) is 4.86. The van der Waals surface area contributed by atoms with Crippen LogP contribution in [0, 0.1) is 0 Å². The number of nitrogens with two attached hydrogens (primary N) is 2. The van der Waals surface area contributed by atoms with Crippen LogP contribution in [0.4, 0.5) is 0 Å². The van der Waals surface area contributed by atoms with Gasteiger partial charge in [-0.05, 0) is 19.9 Å². The molecule has 0 aliphatic rings. The molecule has 0 aromatic rings. The quantitative estimate of drug-likeness (QED) is 0.585. The molecule has 0 aromatic carbocycles. The minimum absolute atomic E-state index is 0.199. The molecule has 1 amide bonds. The molecular weight excluding hydrogens is 166 g/mol. The van der Waals surface area contributed by atoms with Gasteiger partial charge in [-0.15, -0.1) is 0 Å². The topological polar surface area (TPSA) is 72.3 Å². The van der Waals surface area contributed by atoms with Gasteiger partial charge in [0.05, 0.1) is 6.04 Å². The van der Waals surface area contributed by atoms with E-state index in [1.54, 1.807) is 0 Å². The predicted molar refractivity (Wildman–Crippen MR) is 54.2 cm³/mol.